The number of carbonyl (C=O) groups is 2. The summed E-state index contributed by atoms with van der Waals surface area (Å²) in [5, 5.41) is 22.8. The molecule has 0 amide bonds. The van der Waals surface area contributed by atoms with Gasteiger partial charge in [0.05, 0.1) is 25.2 Å². The third kappa shape index (κ3) is 4.27. The normalized spacial score (nSPS) is 44.4. The van der Waals surface area contributed by atoms with Crippen molar-refractivity contribution in [2.75, 3.05) is 7.11 Å². The zero-order valence-corrected chi connectivity index (χ0v) is 20.3. The van der Waals surface area contributed by atoms with E-state index in [1.54, 1.807) is 26.0 Å². The van der Waals surface area contributed by atoms with E-state index in [1.165, 1.54) is 7.11 Å². The highest BCUT2D eigenvalue weighted by Gasteiger charge is 2.58. The lowest BCUT2D eigenvalue weighted by atomic mass is 9.71. The molecule has 0 bridgehead atoms. The third-order valence-corrected chi connectivity index (χ3v) is 7.85. The third-order valence-electron chi connectivity index (χ3n) is 7.85. The standard InChI is InChI=1S/C25H38O7/c1-13(2)17-11-21(27)32-24(6)9-8-15(4)25(29)19(10-14(3)20(26)12-18(17)24)22(16(5)31-25)23(28)30-7/h10-11,13,15-16,18-20,22,26,29H,8-9,12H2,1-7H3/b14-10-/t15-,16+,18+,19-,20+,22+,24-,25+/m1/s1. The predicted molar refractivity (Wildman–Crippen MR) is 118 cm³/mol. The van der Waals surface area contributed by atoms with Crippen molar-refractivity contribution in [3.63, 3.8) is 0 Å². The molecule has 0 aromatic carbocycles. The van der Waals surface area contributed by atoms with Crippen LogP contribution in [0.15, 0.2) is 23.3 Å². The molecule has 0 spiro atoms. The van der Waals surface area contributed by atoms with Gasteiger partial charge in [-0.1, -0.05) is 32.4 Å². The summed E-state index contributed by atoms with van der Waals surface area (Å²) in [4.78, 5) is 25.0. The number of aliphatic hydroxyl groups excluding tert-OH is 1. The number of methoxy groups -OCH3 is 1. The van der Waals surface area contributed by atoms with Crippen molar-refractivity contribution in [1.82, 2.24) is 0 Å². The molecule has 0 radical (unpaired) electrons. The Morgan fingerprint density at radius 1 is 1.31 bits per heavy atom. The zero-order valence-electron chi connectivity index (χ0n) is 20.3. The summed E-state index contributed by atoms with van der Waals surface area (Å²) in [6.45, 7) is 11.4. The van der Waals surface area contributed by atoms with Gasteiger partial charge in [-0.2, -0.15) is 0 Å². The second kappa shape index (κ2) is 8.92. The minimum Gasteiger partial charge on any atom is -0.469 e. The van der Waals surface area contributed by atoms with E-state index in [4.69, 9.17) is 14.2 Å². The first-order chi connectivity index (χ1) is 14.8. The Bertz CT molecular complexity index is 815. The summed E-state index contributed by atoms with van der Waals surface area (Å²) >= 11 is 0. The van der Waals surface area contributed by atoms with Crippen molar-refractivity contribution in [3.05, 3.63) is 23.3 Å². The van der Waals surface area contributed by atoms with Crippen LogP contribution in [0.25, 0.3) is 0 Å². The molecule has 1 fully saturated rings. The zero-order chi connectivity index (χ0) is 24.0. The Morgan fingerprint density at radius 2 is 1.97 bits per heavy atom. The van der Waals surface area contributed by atoms with Crippen LogP contribution in [0, 0.1) is 29.6 Å². The number of fused-ring (bicyclic) bond motifs is 2. The van der Waals surface area contributed by atoms with E-state index in [2.05, 4.69) is 0 Å². The van der Waals surface area contributed by atoms with Gasteiger partial charge >= 0.3 is 11.9 Å². The predicted octanol–water partition coefficient (Wildman–Crippen LogP) is 3.14. The first-order valence-electron chi connectivity index (χ1n) is 11.6. The second-order valence-electron chi connectivity index (χ2n) is 10.3. The largest absolute Gasteiger partial charge is 0.469 e. The summed E-state index contributed by atoms with van der Waals surface area (Å²) in [6.07, 6.45) is 3.36. The minimum absolute atomic E-state index is 0.127. The number of hydrogen-bond acceptors (Lipinski definition) is 7. The molecular weight excluding hydrogens is 412 g/mol. The van der Waals surface area contributed by atoms with Gasteiger partial charge in [0.15, 0.2) is 5.79 Å². The monoisotopic (exact) mass is 450 g/mol. The van der Waals surface area contributed by atoms with Crippen LogP contribution in [0.4, 0.5) is 0 Å². The van der Waals surface area contributed by atoms with Crippen LogP contribution >= 0.6 is 0 Å². The molecule has 0 saturated carbocycles. The van der Waals surface area contributed by atoms with Crippen molar-refractivity contribution in [3.8, 4) is 0 Å². The molecule has 2 N–H and O–H groups in total. The fourth-order valence-corrected chi connectivity index (χ4v) is 5.75. The Hall–Kier alpha value is -1.70. The maximum atomic E-state index is 12.6. The van der Waals surface area contributed by atoms with E-state index < -0.39 is 41.4 Å². The molecular formula is C25H38O7. The van der Waals surface area contributed by atoms with E-state index in [-0.39, 0.29) is 23.7 Å². The molecule has 2 heterocycles. The smallest absolute Gasteiger partial charge is 0.331 e. The quantitative estimate of drug-likeness (QED) is 0.492. The van der Waals surface area contributed by atoms with Gasteiger partial charge in [0.1, 0.15) is 5.60 Å². The lowest BCUT2D eigenvalue weighted by Gasteiger charge is -2.44. The molecule has 3 aliphatic rings. The fourth-order valence-electron chi connectivity index (χ4n) is 5.75. The topological polar surface area (TPSA) is 102 Å². The second-order valence-corrected chi connectivity index (χ2v) is 10.3. The van der Waals surface area contributed by atoms with Crippen LogP contribution in [0.3, 0.4) is 0 Å². The van der Waals surface area contributed by atoms with Gasteiger partial charge in [-0.05, 0) is 51.5 Å². The molecule has 8 atom stereocenters. The van der Waals surface area contributed by atoms with Gasteiger partial charge < -0.3 is 24.4 Å². The van der Waals surface area contributed by atoms with Crippen molar-refractivity contribution in [2.45, 2.75) is 84.4 Å². The van der Waals surface area contributed by atoms with Crippen LogP contribution in [0.2, 0.25) is 0 Å². The number of esters is 2. The highest BCUT2D eigenvalue weighted by Crippen LogP contribution is 2.50. The lowest BCUT2D eigenvalue weighted by molar-refractivity contribution is -0.236. The van der Waals surface area contributed by atoms with Gasteiger partial charge in [-0.3, -0.25) is 4.79 Å². The molecule has 32 heavy (non-hydrogen) atoms. The maximum absolute atomic E-state index is 12.6. The number of rotatable bonds is 2. The summed E-state index contributed by atoms with van der Waals surface area (Å²) in [5.41, 5.74) is 0.804. The van der Waals surface area contributed by atoms with Gasteiger partial charge in [0.25, 0.3) is 0 Å². The molecule has 7 nitrogen and oxygen atoms in total. The van der Waals surface area contributed by atoms with Crippen molar-refractivity contribution < 1.29 is 34.0 Å². The van der Waals surface area contributed by atoms with E-state index >= 15 is 0 Å². The van der Waals surface area contributed by atoms with Crippen molar-refractivity contribution in [1.29, 1.82) is 0 Å². The Balaban J connectivity index is 2.08. The maximum Gasteiger partial charge on any atom is 0.331 e. The highest BCUT2D eigenvalue weighted by molar-refractivity contribution is 5.84. The van der Waals surface area contributed by atoms with Gasteiger partial charge in [-0.25, -0.2) is 4.79 Å². The van der Waals surface area contributed by atoms with E-state index in [0.29, 0.717) is 24.8 Å². The number of aliphatic hydroxyl groups is 2. The SMILES string of the molecule is COC(=O)[C@H]1[C@H](C)O[C@@]2(O)[C@H](C)CC[C@@]3(C)OC(=O)C=C(C(C)C)[C@@H]3C[C@H](O)/C(C)=C\[C@H]12. The first kappa shape index (κ1) is 24.9. The van der Waals surface area contributed by atoms with Crippen LogP contribution in [-0.2, 0) is 23.8 Å². The summed E-state index contributed by atoms with van der Waals surface area (Å²) in [5.74, 6) is -4.15. The number of hydrogen-bond donors (Lipinski definition) is 2. The Kier molecular flexibility index (Phi) is 6.95. The lowest BCUT2D eigenvalue weighted by Crippen LogP contribution is -2.47. The molecule has 7 heteroatoms. The van der Waals surface area contributed by atoms with Crippen molar-refractivity contribution in [2.24, 2.45) is 29.6 Å². The van der Waals surface area contributed by atoms with Gasteiger partial charge in [-0.15, -0.1) is 0 Å². The minimum atomic E-state index is -1.61. The van der Waals surface area contributed by atoms with Crippen molar-refractivity contribution >= 4 is 11.9 Å². The summed E-state index contributed by atoms with van der Waals surface area (Å²) in [6, 6.07) is 0. The van der Waals surface area contributed by atoms with Gasteiger partial charge in [0.2, 0.25) is 0 Å². The molecule has 2 aliphatic heterocycles. The summed E-state index contributed by atoms with van der Waals surface area (Å²) in [7, 11) is 1.33. The first-order valence-corrected chi connectivity index (χ1v) is 11.6. The molecule has 3 rings (SSSR count). The average molecular weight is 451 g/mol. The van der Waals surface area contributed by atoms with E-state index in [9.17, 15) is 19.8 Å². The average Bonchev–Trinajstić information content (AvgIpc) is 2.96. The van der Waals surface area contributed by atoms with E-state index in [1.807, 2.05) is 27.7 Å². The molecule has 0 aromatic heterocycles. The highest BCUT2D eigenvalue weighted by atomic mass is 16.6. The van der Waals surface area contributed by atoms with Crippen LogP contribution < -0.4 is 0 Å². The van der Waals surface area contributed by atoms with Gasteiger partial charge in [0, 0.05) is 23.8 Å². The van der Waals surface area contributed by atoms with Crippen LogP contribution in [0.1, 0.15) is 60.8 Å². The molecule has 1 saturated heterocycles. The molecule has 0 aromatic rings. The number of ether oxygens (including phenoxy) is 3. The molecule has 180 valence electrons. The molecule has 1 aliphatic carbocycles. The Labute approximate surface area is 190 Å². The summed E-state index contributed by atoms with van der Waals surface area (Å²) < 4.78 is 16.9. The van der Waals surface area contributed by atoms with Crippen LogP contribution in [-0.4, -0.2) is 52.9 Å². The fraction of sp³-hybridized carbons (Fsp3) is 0.760. The molecule has 0 unspecified atom stereocenters. The van der Waals surface area contributed by atoms with Crippen LogP contribution in [0.5, 0.6) is 0 Å². The van der Waals surface area contributed by atoms with E-state index in [0.717, 1.165) is 5.57 Å². The number of carbonyl (C=O) groups excluding carboxylic acids is 2. The Morgan fingerprint density at radius 3 is 2.56 bits per heavy atom.